The number of nitrogens with one attached hydrogen (secondary N) is 2. The maximum absolute atomic E-state index is 11.8. The van der Waals surface area contributed by atoms with Crippen molar-refractivity contribution < 1.29 is 13.7 Å². The second kappa shape index (κ2) is 4.79. The van der Waals surface area contributed by atoms with Crippen LogP contribution in [0.5, 0.6) is 0 Å². The smallest absolute Gasteiger partial charge is 0.319 e. The van der Waals surface area contributed by atoms with Gasteiger partial charge in [0.2, 0.25) is 0 Å². The van der Waals surface area contributed by atoms with Crippen molar-refractivity contribution in [1.82, 2.24) is 10.5 Å². The molecule has 6 heteroatoms. The molecule has 3 rings (SSSR count). The fraction of sp³-hybridized carbons (Fsp3) is 0.385. The summed E-state index contributed by atoms with van der Waals surface area (Å²) in [6, 6.07) is 3.30. The second-order valence-electron chi connectivity index (χ2n) is 4.67. The normalized spacial score (nSPS) is 14.4. The van der Waals surface area contributed by atoms with Gasteiger partial charge in [0.1, 0.15) is 17.1 Å². The molecule has 0 aliphatic heterocycles. The van der Waals surface area contributed by atoms with Crippen LogP contribution in [0.25, 0.3) is 0 Å². The van der Waals surface area contributed by atoms with Crippen molar-refractivity contribution in [2.24, 2.45) is 0 Å². The molecule has 1 aliphatic rings. The summed E-state index contributed by atoms with van der Waals surface area (Å²) in [5, 5.41) is 9.42. The van der Waals surface area contributed by atoms with Crippen LogP contribution in [0.2, 0.25) is 0 Å². The Morgan fingerprint density at radius 2 is 2.37 bits per heavy atom. The number of rotatable bonds is 4. The summed E-state index contributed by atoms with van der Waals surface area (Å²) >= 11 is 0. The first-order valence-electron chi connectivity index (χ1n) is 6.27. The third-order valence-electron chi connectivity index (χ3n) is 3.08. The Morgan fingerprint density at radius 3 is 3.05 bits per heavy atom. The molecule has 1 aliphatic carbocycles. The Morgan fingerprint density at radius 1 is 1.53 bits per heavy atom. The van der Waals surface area contributed by atoms with Gasteiger partial charge in [-0.3, -0.25) is 0 Å². The third-order valence-corrected chi connectivity index (χ3v) is 3.08. The number of hydrogen-bond donors (Lipinski definition) is 2. The van der Waals surface area contributed by atoms with Crippen molar-refractivity contribution in [2.45, 2.75) is 32.2 Å². The summed E-state index contributed by atoms with van der Waals surface area (Å²) in [5.74, 6) is 1.90. The van der Waals surface area contributed by atoms with Crippen molar-refractivity contribution >= 4 is 11.7 Å². The number of aryl methyl sites for hydroxylation is 1. The van der Waals surface area contributed by atoms with Gasteiger partial charge in [-0.05, 0) is 31.9 Å². The Labute approximate surface area is 110 Å². The molecule has 2 aromatic rings. The number of hydrogen-bond acceptors (Lipinski definition) is 4. The standard InChI is InChI=1S/C13H15N3O3/c1-8-11(12(19-16-8)9-4-5-9)15-13(17)14-7-10-3-2-6-18-10/h2-3,6,9H,4-5,7H2,1H3,(H2,14,15,17). The van der Waals surface area contributed by atoms with E-state index in [-0.39, 0.29) is 6.03 Å². The van der Waals surface area contributed by atoms with E-state index in [1.54, 1.807) is 18.4 Å². The number of carbonyl (C=O) groups is 1. The van der Waals surface area contributed by atoms with Crippen molar-refractivity contribution in [3.05, 3.63) is 35.6 Å². The van der Waals surface area contributed by atoms with Crippen LogP contribution in [0.4, 0.5) is 10.5 Å². The monoisotopic (exact) mass is 261 g/mol. The summed E-state index contributed by atoms with van der Waals surface area (Å²) in [7, 11) is 0. The summed E-state index contributed by atoms with van der Waals surface area (Å²) in [5.41, 5.74) is 1.40. The first-order valence-corrected chi connectivity index (χ1v) is 6.27. The van der Waals surface area contributed by atoms with Crippen LogP contribution in [0.15, 0.2) is 27.3 Å². The lowest BCUT2D eigenvalue weighted by molar-refractivity contribution is 0.250. The zero-order valence-corrected chi connectivity index (χ0v) is 10.6. The summed E-state index contributed by atoms with van der Waals surface area (Å²) < 4.78 is 10.4. The first kappa shape index (κ1) is 11.8. The largest absolute Gasteiger partial charge is 0.467 e. The molecule has 19 heavy (non-hydrogen) atoms. The van der Waals surface area contributed by atoms with Crippen molar-refractivity contribution in [3.63, 3.8) is 0 Å². The number of furan rings is 1. The van der Waals surface area contributed by atoms with E-state index in [0.29, 0.717) is 29.6 Å². The molecule has 2 heterocycles. The third kappa shape index (κ3) is 2.62. The van der Waals surface area contributed by atoms with Crippen LogP contribution in [0, 0.1) is 6.92 Å². The van der Waals surface area contributed by atoms with Gasteiger partial charge in [0.15, 0.2) is 5.76 Å². The molecule has 2 aromatic heterocycles. The predicted octanol–water partition coefficient (Wildman–Crippen LogP) is 2.78. The van der Waals surface area contributed by atoms with E-state index in [2.05, 4.69) is 15.8 Å². The molecule has 0 radical (unpaired) electrons. The fourth-order valence-electron chi connectivity index (χ4n) is 1.90. The summed E-state index contributed by atoms with van der Waals surface area (Å²) in [6.45, 7) is 2.17. The minimum atomic E-state index is -0.287. The van der Waals surface area contributed by atoms with Crippen LogP contribution < -0.4 is 10.6 Å². The van der Waals surface area contributed by atoms with E-state index in [9.17, 15) is 4.79 Å². The molecule has 6 nitrogen and oxygen atoms in total. The van der Waals surface area contributed by atoms with Gasteiger partial charge in [-0.25, -0.2) is 4.79 Å². The van der Waals surface area contributed by atoms with Gasteiger partial charge >= 0.3 is 6.03 Å². The number of nitrogens with zero attached hydrogens (tertiary/aromatic N) is 1. The Balaban J connectivity index is 1.61. The molecule has 0 atom stereocenters. The number of anilines is 1. The second-order valence-corrected chi connectivity index (χ2v) is 4.67. The highest BCUT2D eigenvalue weighted by atomic mass is 16.5. The van der Waals surface area contributed by atoms with E-state index >= 15 is 0 Å². The SMILES string of the molecule is Cc1noc(C2CC2)c1NC(=O)NCc1ccco1. The molecule has 100 valence electrons. The number of carbonyl (C=O) groups excluding carboxylic acids is 1. The highest BCUT2D eigenvalue weighted by molar-refractivity contribution is 5.90. The van der Waals surface area contributed by atoms with Gasteiger partial charge in [0, 0.05) is 5.92 Å². The van der Waals surface area contributed by atoms with Crippen molar-refractivity contribution in [3.8, 4) is 0 Å². The van der Waals surface area contributed by atoms with E-state index < -0.39 is 0 Å². The highest BCUT2D eigenvalue weighted by Crippen LogP contribution is 2.44. The zero-order valence-electron chi connectivity index (χ0n) is 10.6. The summed E-state index contributed by atoms with van der Waals surface area (Å²) in [6.07, 6.45) is 3.76. The van der Waals surface area contributed by atoms with Crippen LogP contribution >= 0.6 is 0 Å². The Bertz CT molecular complexity index is 570. The topological polar surface area (TPSA) is 80.3 Å². The summed E-state index contributed by atoms with van der Waals surface area (Å²) in [4.78, 5) is 11.8. The van der Waals surface area contributed by atoms with Crippen LogP contribution in [-0.4, -0.2) is 11.2 Å². The maximum Gasteiger partial charge on any atom is 0.319 e. The van der Waals surface area contributed by atoms with Crippen LogP contribution in [0.1, 0.15) is 36.0 Å². The minimum absolute atomic E-state index is 0.287. The molecule has 2 amide bonds. The molecule has 0 saturated heterocycles. The van der Waals surface area contributed by atoms with Gasteiger partial charge in [-0.15, -0.1) is 0 Å². The van der Waals surface area contributed by atoms with Gasteiger partial charge in [-0.1, -0.05) is 5.16 Å². The van der Waals surface area contributed by atoms with Gasteiger partial charge in [-0.2, -0.15) is 0 Å². The van der Waals surface area contributed by atoms with Gasteiger partial charge < -0.3 is 19.6 Å². The van der Waals surface area contributed by atoms with Gasteiger partial charge in [0.05, 0.1) is 12.8 Å². The molecule has 0 aromatic carbocycles. The minimum Gasteiger partial charge on any atom is -0.467 e. The molecular weight excluding hydrogens is 246 g/mol. The van der Waals surface area contributed by atoms with E-state index in [1.807, 2.05) is 6.92 Å². The lowest BCUT2D eigenvalue weighted by atomic mass is 10.2. The zero-order chi connectivity index (χ0) is 13.2. The van der Waals surface area contributed by atoms with Gasteiger partial charge in [0.25, 0.3) is 0 Å². The predicted molar refractivity (Wildman–Crippen MR) is 67.8 cm³/mol. The molecule has 0 unspecified atom stereocenters. The molecule has 0 bridgehead atoms. The fourth-order valence-corrected chi connectivity index (χ4v) is 1.90. The van der Waals surface area contributed by atoms with Crippen molar-refractivity contribution in [2.75, 3.05) is 5.32 Å². The average Bonchev–Trinajstić information content (AvgIpc) is 2.98. The van der Waals surface area contributed by atoms with E-state index in [1.165, 1.54) is 0 Å². The van der Waals surface area contributed by atoms with Crippen LogP contribution in [0.3, 0.4) is 0 Å². The quantitative estimate of drug-likeness (QED) is 0.886. The Kier molecular flexibility index (Phi) is 2.98. The molecule has 1 fully saturated rings. The number of aromatic nitrogens is 1. The average molecular weight is 261 g/mol. The first-order chi connectivity index (χ1) is 9.24. The highest BCUT2D eigenvalue weighted by Gasteiger charge is 2.32. The van der Waals surface area contributed by atoms with E-state index in [4.69, 9.17) is 8.94 Å². The lowest BCUT2D eigenvalue weighted by Crippen LogP contribution is -2.28. The molecule has 2 N–H and O–H groups in total. The van der Waals surface area contributed by atoms with Crippen molar-refractivity contribution in [1.29, 1.82) is 0 Å². The molecule has 1 saturated carbocycles. The van der Waals surface area contributed by atoms with Crippen LogP contribution in [-0.2, 0) is 6.54 Å². The molecule has 0 spiro atoms. The Hall–Kier alpha value is -2.24. The maximum atomic E-state index is 11.8. The lowest BCUT2D eigenvalue weighted by Gasteiger charge is -2.06. The molecular formula is C13H15N3O3. The number of amides is 2. The number of urea groups is 1. The van der Waals surface area contributed by atoms with E-state index in [0.717, 1.165) is 18.6 Å².